The molecule has 0 aromatic heterocycles. The van der Waals surface area contributed by atoms with Gasteiger partial charge in [-0.15, -0.1) is 11.8 Å². The van der Waals surface area contributed by atoms with Crippen molar-refractivity contribution in [2.45, 2.75) is 36.0 Å². The smallest absolute Gasteiger partial charge is 0.234 e. The van der Waals surface area contributed by atoms with Gasteiger partial charge in [-0.1, -0.05) is 30.3 Å². The van der Waals surface area contributed by atoms with Crippen LogP contribution in [0.3, 0.4) is 0 Å². The molecule has 0 saturated heterocycles. The maximum Gasteiger partial charge on any atom is 0.234 e. The van der Waals surface area contributed by atoms with Crippen LogP contribution < -0.4 is 11.1 Å². The van der Waals surface area contributed by atoms with Gasteiger partial charge in [-0.3, -0.25) is 4.79 Å². The molecule has 0 spiro atoms. The summed E-state index contributed by atoms with van der Waals surface area (Å²) in [6.07, 6.45) is 1.31. The molecule has 1 heterocycles. The van der Waals surface area contributed by atoms with Gasteiger partial charge in [0.1, 0.15) is 0 Å². The summed E-state index contributed by atoms with van der Waals surface area (Å²) in [7, 11) is 0. The van der Waals surface area contributed by atoms with Gasteiger partial charge in [0.2, 0.25) is 5.91 Å². The number of hydrogen-bond acceptors (Lipinski definition) is 4. The van der Waals surface area contributed by atoms with Crippen molar-refractivity contribution < 1.29 is 10.0 Å². The maximum atomic E-state index is 12.2. The van der Waals surface area contributed by atoms with Gasteiger partial charge in [-0.05, 0) is 24.5 Å². The summed E-state index contributed by atoms with van der Waals surface area (Å²) in [5.41, 5.74) is 6.74. The van der Waals surface area contributed by atoms with Crippen LogP contribution in [-0.2, 0) is 11.2 Å². The van der Waals surface area contributed by atoms with E-state index in [1.54, 1.807) is 11.8 Å². The number of nitrogens with one attached hydrogen (secondary N) is 1. The van der Waals surface area contributed by atoms with Crippen LogP contribution in [0.2, 0.25) is 0 Å². The SMILES string of the molecule is CCC(NC(=O)C1Cc2ccccc2S1)C(N)=NO. The molecule has 1 aromatic carbocycles. The summed E-state index contributed by atoms with van der Waals surface area (Å²) in [6, 6.07) is 7.59. The van der Waals surface area contributed by atoms with E-state index in [0.29, 0.717) is 6.42 Å². The lowest BCUT2D eigenvalue weighted by Gasteiger charge is -2.17. The number of thioether (sulfide) groups is 1. The van der Waals surface area contributed by atoms with Gasteiger partial charge in [0.25, 0.3) is 0 Å². The van der Waals surface area contributed by atoms with E-state index >= 15 is 0 Å². The summed E-state index contributed by atoms with van der Waals surface area (Å²) in [5, 5.41) is 14.3. The Bertz CT molecular complexity index is 479. The van der Waals surface area contributed by atoms with Gasteiger partial charge in [-0.25, -0.2) is 0 Å². The van der Waals surface area contributed by atoms with Crippen LogP contribution in [0.1, 0.15) is 18.9 Å². The van der Waals surface area contributed by atoms with E-state index in [2.05, 4.69) is 10.5 Å². The van der Waals surface area contributed by atoms with Gasteiger partial charge < -0.3 is 16.3 Å². The van der Waals surface area contributed by atoms with Crippen LogP contribution in [0.15, 0.2) is 34.3 Å². The molecule has 1 aliphatic rings. The molecule has 102 valence electrons. The van der Waals surface area contributed by atoms with Gasteiger partial charge in [0.15, 0.2) is 5.84 Å². The zero-order valence-corrected chi connectivity index (χ0v) is 11.5. The summed E-state index contributed by atoms with van der Waals surface area (Å²) < 4.78 is 0. The van der Waals surface area contributed by atoms with E-state index in [9.17, 15) is 4.79 Å². The van der Waals surface area contributed by atoms with Crippen LogP contribution in [0.4, 0.5) is 0 Å². The maximum absolute atomic E-state index is 12.2. The summed E-state index contributed by atoms with van der Waals surface area (Å²) >= 11 is 1.56. The predicted molar refractivity (Wildman–Crippen MR) is 75.4 cm³/mol. The Hall–Kier alpha value is -1.69. The molecular weight excluding hydrogens is 262 g/mol. The van der Waals surface area contributed by atoms with Crippen molar-refractivity contribution in [3.05, 3.63) is 29.8 Å². The van der Waals surface area contributed by atoms with Crippen molar-refractivity contribution in [3.8, 4) is 0 Å². The summed E-state index contributed by atoms with van der Waals surface area (Å²) in [5.74, 6) is -0.0315. The second-order valence-electron chi connectivity index (χ2n) is 4.41. The number of hydrogen-bond donors (Lipinski definition) is 3. The molecule has 2 unspecified atom stereocenters. The lowest BCUT2D eigenvalue weighted by Crippen LogP contribution is -2.47. The van der Waals surface area contributed by atoms with Crippen molar-refractivity contribution in [2.75, 3.05) is 0 Å². The number of oxime groups is 1. The highest BCUT2D eigenvalue weighted by molar-refractivity contribution is 8.01. The van der Waals surface area contributed by atoms with Gasteiger partial charge in [0.05, 0.1) is 11.3 Å². The van der Waals surface area contributed by atoms with E-state index in [1.807, 2.05) is 31.2 Å². The molecule has 0 bridgehead atoms. The van der Waals surface area contributed by atoms with E-state index in [-0.39, 0.29) is 17.0 Å². The number of rotatable bonds is 4. The van der Waals surface area contributed by atoms with Crippen LogP contribution >= 0.6 is 11.8 Å². The number of nitrogens with zero attached hydrogens (tertiary/aromatic N) is 1. The molecule has 19 heavy (non-hydrogen) atoms. The van der Waals surface area contributed by atoms with Crippen molar-refractivity contribution >= 4 is 23.5 Å². The topological polar surface area (TPSA) is 87.7 Å². The average molecular weight is 279 g/mol. The number of fused-ring (bicyclic) bond motifs is 1. The highest BCUT2D eigenvalue weighted by Gasteiger charge is 2.29. The second-order valence-corrected chi connectivity index (χ2v) is 5.66. The fourth-order valence-corrected chi connectivity index (χ4v) is 3.25. The van der Waals surface area contributed by atoms with Gasteiger partial charge in [0, 0.05) is 4.90 Å². The molecule has 1 aromatic rings. The molecule has 0 saturated carbocycles. The lowest BCUT2D eigenvalue weighted by molar-refractivity contribution is -0.120. The third-order valence-corrected chi connectivity index (χ3v) is 4.45. The van der Waals surface area contributed by atoms with Crippen LogP contribution in [0.25, 0.3) is 0 Å². The Morgan fingerprint density at radius 2 is 2.37 bits per heavy atom. The second kappa shape index (κ2) is 5.97. The largest absolute Gasteiger partial charge is 0.409 e. The Morgan fingerprint density at radius 1 is 1.63 bits per heavy atom. The quantitative estimate of drug-likeness (QED) is 0.336. The van der Waals surface area contributed by atoms with E-state index in [1.165, 1.54) is 5.56 Å². The fraction of sp³-hybridized carbons (Fsp3) is 0.385. The van der Waals surface area contributed by atoms with Crippen LogP contribution in [0.5, 0.6) is 0 Å². The predicted octanol–water partition coefficient (Wildman–Crippen LogP) is 1.34. The minimum Gasteiger partial charge on any atom is -0.409 e. The number of nitrogens with two attached hydrogens (primary N) is 1. The van der Waals surface area contributed by atoms with Crippen molar-refractivity contribution in [1.29, 1.82) is 0 Å². The summed E-state index contributed by atoms with van der Waals surface area (Å²) in [4.78, 5) is 13.3. The Morgan fingerprint density at radius 3 is 3.00 bits per heavy atom. The first-order chi connectivity index (χ1) is 9.15. The molecule has 2 atom stereocenters. The van der Waals surface area contributed by atoms with E-state index in [4.69, 9.17) is 10.9 Å². The van der Waals surface area contributed by atoms with Crippen LogP contribution in [0, 0.1) is 0 Å². The zero-order valence-electron chi connectivity index (χ0n) is 10.7. The number of amides is 1. The summed E-state index contributed by atoms with van der Waals surface area (Å²) in [6.45, 7) is 1.87. The third kappa shape index (κ3) is 3.01. The van der Waals surface area contributed by atoms with Crippen molar-refractivity contribution in [2.24, 2.45) is 10.9 Å². The molecule has 4 N–H and O–H groups in total. The third-order valence-electron chi connectivity index (χ3n) is 3.14. The normalized spacial score (nSPS) is 19.8. The van der Waals surface area contributed by atoms with Gasteiger partial charge >= 0.3 is 0 Å². The number of carbonyl (C=O) groups excluding carboxylic acids is 1. The Kier molecular flexibility index (Phi) is 4.31. The molecule has 0 fully saturated rings. The Labute approximate surface area is 116 Å². The number of benzene rings is 1. The lowest BCUT2D eigenvalue weighted by atomic mass is 10.1. The molecule has 6 heteroatoms. The van der Waals surface area contributed by atoms with E-state index < -0.39 is 6.04 Å². The first kappa shape index (κ1) is 13.7. The standard InChI is InChI=1S/C13H17N3O2S/c1-2-9(12(14)16-18)15-13(17)11-7-8-5-3-4-6-10(8)19-11/h3-6,9,11,18H,2,7H2,1H3,(H2,14,16)(H,15,17). The highest BCUT2D eigenvalue weighted by atomic mass is 32.2. The molecule has 0 radical (unpaired) electrons. The van der Waals surface area contributed by atoms with E-state index in [0.717, 1.165) is 11.3 Å². The van der Waals surface area contributed by atoms with Gasteiger partial charge in [-0.2, -0.15) is 0 Å². The minimum absolute atomic E-state index is 0.0383. The zero-order chi connectivity index (χ0) is 13.8. The molecular formula is C13H17N3O2S. The van der Waals surface area contributed by atoms with Crippen molar-refractivity contribution in [1.82, 2.24) is 5.32 Å². The Balaban J connectivity index is 1.99. The number of amidine groups is 1. The molecule has 1 amide bonds. The molecule has 0 aliphatic carbocycles. The van der Waals surface area contributed by atoms with Crippen LogP contribution in [-0.4, -0.2) is 28.2 Å². The molecule has 5 nitrogen and oxygen atoms in total. The molecule has 2 rings (SSSR count). The highest BCUT2D eigenvalue weighted by Crippen LogP contribution is 2.36. The monoisotopic (exact) mass is 279 g/mol. The minimum atomic E-state index is -0.415. The average Bonchev–Trinajstić information content (AvgIpc) is 2.87. The first-order valence-electron chi connectivity index (χ1n) is 6.18. The fourth-order valence-electron chi connectivity index (χ4n) is 2.05. The molecule has 1 aliphatic heterocycles. The van der Waals surface area contributed by atoms with Crippen molar-refractivity contribution in [3.63, 3.8) is 0 Å². The number of carbonyl (C=O) groups is 1. The first-order valence-corrected chi connectivity index (χ1v) is 7.06.